The summed E-state index contributed by atoms with van der Waals surface area (Å²) in [5.41, 5.74) is -0.976. The topological polar surface area (TPSA) is 106 Å². The maximum Gasteiger partial charge on any atom is 0.416 e. The summed E-state index contributed by atoms with van der Waals surface area (Å²) in [7, 11) is 1.39. The molecular weight excluding hydrogens is 437 g/mol. The molecule has 0 bridgehead atoms. The van der Waals surface area contributed by atoms with E-state index in [9.17, 15) is 18.0 Å². The van der Waals surface area contributed by atoms with Crippen molar-refractivity contribution in [1.82, 2.24) is 25.1 Å². The van der Waals surface area contributed by atoms with Crippen LogP contribution in [0.3, 0.4) is 0 Å². The molecule has 8 nitrogen and oxygen atoms in total. The van der Waals surface area contributed by atoms with Gasteiger partial charge in [-0.25, -0.2) is 9.97 Å². The standard InChI is InChI=1S/C19H14ClF3N6O2/c1-31-9-15(17-26-10-27-29(17)16-3-2-11(7-24)8-25-16)28-18(30)12-4-13(19(21,22)23)6-14(20)5-12/h2-6,8,10,15H,9H2,1H3,(H,28,30). The predicted octanol–water partition coefficient (Wildman–Crippen LogP) is 3.32. The zero-order chi connectivity index (χ0) is 22.6. The monoisotopic (exact) mass is 450 g/mol. The Bertz CT molecular complexity index is 1120. The van der Waals surface area contributed by atoms with E-state index in [0.29, 0.717) is 17.4 Å². The SMILES string of the molecule is COCC(NC(=O)c1cc(Cl)cc(C(F)(F)F)c1)c1ncnn1-c1ccc(C#N)cn1. The van der Waals surface area contributed by atoms with E-state index in [2.05, 4.69) is 20.4 Å². The first kappa shape index (κ1) is 22.2. The van der Waals surface area contributed by atoms with Crippen molar-refractivity contribution in [1.29, 1.82) is 5.26 Å². The lowest BCUT2D eigenvalue weighted by Gasteiger charge is -2.18. The lowest BCUT2D eigenvalue weighted by atomic mass is 10.1. The minimum atomic E-state index is -4.66. The first-order valence-corrected chi connectivity index (χ1v) is 9.04. The summed E-state index contributed by atoms with van der Waals surface area (Å²) in [6, 6.07) is 6.71. The van der Waals surface area contributed by atoms with Crippen LogP contribution in [-0.4, -0.2) is 39.4 Å². The number of nitriles is 1. The van der Waals surface area contributed by atoms with Gasteiger partial charge in [0.25, 0.3) is 5.91 Å². The first-order valence-electron chi connectivity index (χ1n) is 8.67. The van der Waals surface area contributed by atoms with Crippen LogP contribution in [0.2, 0.25) is 5.02 Å². The second-order valence-corrected chi connectivity index (χ2v) is 6.69. The molecule has 0 spiro atoms. The zero-order valence-corrected chi connectivity index (χ0v) is 16.6. The number of nitrogens with zero attached hydrogens (tertiary/aromatic N) is 5. The van der Waals surface area contributed by atoms with Crippen LogP contribution in [0.15, 0.2) is 42.9 Å². The fraction of sp³-hybridized carbons (Fsp3) is 0.211. The van der Waals surface area contributed by atoms with Crippen molar-refractivity contribution in [3.63, 3.8) is 0 Å². The molecule has 1 aromatic carbocycles. The van der Waals surface area contributed by atoms with Crippen LogP contribution in [0.4, 0.5) is 13.2 Å². The van der Waals surface area contributed by atoms with Crippen molar-refractivity contribution < 1.29 is 22.7 Å². The van der Waals surface area contributed by atoms with Crippen LogP contribution in [-0.2, 0) is 10.9 Å². The number of halogens is 4. The molecule has 0 aliphatic rings. The Hall–Kier alpha value is -3.49. The highest BCUT2D eigenvalue weighted by molar-refractivity contribution is 6.31. The maximum atomic E-state index is 13.1. The molecule has 12 heteroatoms. The minimum Gasteiger partial charge on any atom is -0.382 e. The molecule has 160 valence electrons. The summed E-state index contributed by atoms with van der Waals surface area (Å²) < 4.78 is 45.6. The molecule has 1 amide bonds. The number of hydrogen-bond acceptors (Lipinski definition) is 6. The molecule has 1 N–H and O–H groups in total. The minimum absolute atomic E-state index is 0.0482. The normalized spacial score (nSPS) is 12.3. The van der Waals surface area contributed by atoms with Gasteiger partial charge in [-0.15, -0.1) is 0 Å². The van der Waals surface area contributed by atoms with Crippen molar-refractivity contribution in [2.75, 3.05) is 13.7 Å². The Labute approximate surface area is 179 Å². The van der Waals surface area contributed by atoms with E-state index in [-0.39, 0.29) is 23.0 Å². The van der Waals surface area contributed by atoms with Gasteiger partial charge in [0.1, 0.15) is 18.4 Å². The highest BCUT2D eigenvalue weighted by atomic mass is 35.5. The van der Waals surface area contributed by atoms with Gasteiger partial charge in [0.05, 0.1) is 17.7 Å². The summed E-state index contributed by atoms with van der Waals surface area (Å²) in [5.74, 6) is -0.258. The number of nitrogens with one attached hydrogen (secondary N) is 1. The van der Waals surface area contributed by atoms with E-state index < -0.39 is 23.7 Å². The Balaban J connectivity index is 1.91. The number of hydrogen-bond donors (Lipinski definition) is 1. The van der Waals surface area contributed by atoms with Crippen molar-refractivity contribution in [2.45, 2.75) is 12.2 Å². The zero-order valence-electron chi connectivity index (χ0n) is 15.9. The average molecular weight is 451 g/mol. The molecule has 3 rings (SSSR count). The highest BCUT2D eigenvalue weighted by Crippen LogP contribution is 2.32. The number of benzene rings is 1. The van der Waals surface area contributed by atoms with E-state index in [1.54, 1.807) is 0 Å². The van der Waals surface area contributed by atoms with E-state index in [1.807, 2.05) is 6.07 Å². The summed E-state index contributed by atoms with van der Waals surface area (Å²) in [6.45, 7) is -0.0482. The van der Waals surface area contributed by atoms with Crippen LogP contribution in [0, 0.1) is 11.3 Å². The van der Waals surface area contributed by atoms with E-state index >= 15 is 0 Å². The number of aromatic nitrogens is 4. The second kappa shape index (κ2) is 9.11. The number of pyridine rings is 1. The molecule has 0 saturated carbocycles. The van der Waals surface area contributed by atoms with Crippen LogP contribution in [0.5, 0.6) is 0 Å². The number of carbonyl (C=O) groups is 1. The molecule has 31 heavy (non-hydrogen) atoms. The van der Waals surface area contributed by atoms with Crippen molar-refractivity contribution >= 4 is 17.5 Å². The van der Waals surface area contributed by atoms with Gasteiger partial charge in [0.2, 0.25) is 0 Å². The largest absolute Gasteiger partial charge is 0.416 e. The van der Waals surface area contributed by atoms with E-state index in [1.165, 1.54) is 36.4 Å². The average Bonchev–Trinajstić information content (AvgIpc) is 3.22. The third-order valence-corrected chi connectivity index (χ3v) is 4.32. The number of alkyl halides is 3. The molecular formula is C19H14ClF3N6O2. The van der Waals surface area contributed by atoms with Gasteiger partial charge in [-0.2, -0.15) is 28.2 Å². The molecule has 0 fully saturated rings. The molecule has 1 atom stereocenters. The van der Waals surface area contributed by atoms with Crippen LogP contribution in [0.25, 0.3) is 5.82 Å². The van der Waals surface area contributed by atoms with Crippen molar-refractivity contribution in [2.24, 2.45) is 0 Å². The fourth-order valence-electron chi connectivity index (χ4n) is 2.72. The summed E-state index contributed by atoms with van der Waals surface area (Å²) >= 11 is 5.77. The van der Waals surface area contributed by atoms with Gasteiger partial charge in [0.15, 0.2) is 11.6 Å². The summed E-state index contributed by atoms with van der Waals surface area (Å²) in [5, 5.41) is 15.3. The first-order chi connectivity index (χ1) is 14.7. The number of methoxy groups -OCH3 is 1. The Kier molecular flexibility index (Phi) is 6.53. The quantitative estimate of drug-likeness (QED) is 0.617. The van der Waals surface area contributed by atoms with Crippen LogP contribution < -0.4 is 5.32 Å². The summed E-state index contributed by atoms with van der Waals surface area (Å²) in [4.78, 5) is 20.9. The Morgan fingerprint density at radius 1 is 1.32 bits per heavy atom. The molecule has 1 unspecified atom stereocenters. The van der Waals surface area contributed by atoms with Gasteiger partial charge in [-0.05, 0) is 30.3 Å². The molecule has 0 saturated heterocycles. The number of carbonyl (C=O) groups excluding carboxylic acids is 1. The Morgan fingerprint density at radius 3 is 2.71 bits per heavy atom. The van der Waals surface area contributed by atoms with Gasteiger partial charge in [-0.1, -0.05) is 11.6 Å². The fourth-order valence-corrected chi connectivity index (χ4v) is 2.95. The summed E-state index contributed by atoms with van der Waals surface area (Å²) in [6.07, 6.45) is -2.09. The van der Waals surface area contributed by atoms with E-state index in [4.69, 9.17) is 21.6 Å². The van der Waals surface area contributed by atoms with Crippen molar-refractivity contribution in [3.8, 4) is 11.9 Å². The van der Waals surface area contributed by atoms with Crippen LogP contribution >= 0.6 is 11.6 Å². The third-order valence-electron chi connectivity index (χ3n) is 4.11. The molecule has 2 aromatic heterocycles. The second-order valence-electron chi connectivity index (χ2n) is 6.25. The maximum absolute atomic E-state index is 13.1. The van der Waals surface area contributed by atoms with Gasteiger partial charge in [0, 0.05) is 23.9 Å². The molecule has 0 aliphatic carbocycles. The molecule has 2 heterocycles. The number of amides is 1. The smallest absolute Gasteiger partial charge is 0.382 e. The van der Waals surface area contributed by atoms with Gasteiger partial charge in [-0.3, -0.25) is 4.79 Å². The number of ether oxygens (including phenoxy) is 1. The third kappa shape index (κ3) is 5.17. The van der Waals surface area contributed by atoms with Crippen LogP contribution in [0.1, 0.15) is 33.4 Å². The Morgan fingerprint density at radius 2 is 2.10 bits per heavy atom. The van der Waals surface area contributed by atoms with Gasteiger partial charge < -0.3 is 10.1 Å². The lowest BCUT2D eigenvalue weighted by molar-refractivity contribution is -0.137. The molecule has 0 radical (unpaired) electrons. The molecule has 3 aromatic rings. The van der Waals surface area contributed by atoms with E-state index in [0.717, 1.165) is 12.1 Å². The van der Waals surface area contributed by atoms with Crippen molar-refractivity contribution in [3.05, 3.63) is 70.4 Å². The van der Waals surface area contributed by atoms with Gasteiger partial charge >= 0.3 is 6.18 Å². The molecule has 0 aliphatic heterocycles. The number of rotatable bonds is 6. The predicted molar refractivity (Wildman–Crippen MR) is 102 cm³/mol. The lowest BCUT2D eigenvalue weighted by Crippen LogP contribution is -2.33. The highest BCUT2D eigenvalue weighted by Gasteiger charge is 2.32.